The molecule has 0 unspecified atom stereocenters. The Morgan fingerprint density at radius 1 is 1.07 bits per heavy atom. The monoisotopic (exact) mass is 367 g/mol. The Morgan fingerprint density at radius 2 is 1.78 bits per heavy atom. The highest BCUT2D eigenvalue weighted by Gasteiger charge is 2.38. The zero-order valence-corrected chi connectivity index (χ0v) is 15.9. The minimum Gasteiger partial charge on any atom is -0.488 e. The predicted octanol–water partition coefficient (Wildman–Crippen LogP) is 4.31. The summed E-state index contributed by atoms with van der Waals surface area (Å²) in [7, 11) is 0. The maximum Gasteiger partial charge on any atom is 0.411 e. The summed E-state index contributed by atoms with van der Waals surface area (Å²) in [6, 6.07) is 17.4. The van der Waals surface area contributed by atoms with E-state index in [2.05, 4.69) is 0 Å². The second-order valence-corrected chi connectivity index (χ2v) is 7.71. The average Bonchev–Trinajstić information content (AvgIpc) is 3.04. The lowest BCUT2D eigenvalue weighted by molar-refractivity contribution is -0.111. The predicted molar refractivity (Wildman–Crippen MR) is 104 cm³/mol. The lowest BCUT2D eigenvalue weighted by Crippen LogP contribution is -2.41. The van der Waals surface area contributed by atoms with Crippen LogP contribution in [-0.4, -0.2) is 41.6 Å². The van der Waals surface area contributed by atoms with Crippen molar-refractivity contribution < 1.29 is 19.1 Å². The van der Waals surface area contributed by atoms with Crippen molar-refractivity contribution in [2.45, 2.75) is 44.9 Å². The van der Waals surface area contributed by atoms with Gasteiger partial charge in [0, 0.05) is 6.42 Å². The Bertz CT molecular complexity index is 797. The molecule has 5 heteroatoms. The van der Waals surface area contributed by atoms with Gasteiger partial charge in [-0.2, -0.15) is 0 Å². The van der Waals surface area contributed by atoms with E-state index < -0.39 is 17.7 Å². The molecule has 0 N–H and O–H groups in total. The standard InChI is InChI=1S/C22H25NO4/c1-22(2,3)27-21(25)23-14-20(13-18(23)15-24)26-19-11-7-10-17(12-19)16-8-5-4-6-9-16/h4-12,15,18,20H,13-14H2,1-3H3/t18-,20+/m0/s1. The molecule has 5 nitrogen and oxygen atoms in total. The highest BCUT2D eigenvalue weighted by molar-refractivity contribution is 5.74. The van der Waals surface area contributed by atoms with Crippen LogP contribution in [-0.2, 0) is 9.53 Å². The number of likely N-dealkylation sites (tertiary alicyclic amines) is 1. The first-order chi connectivity index (χ1) is 12.9. The molecule has 1 aliphatic heterocycles. The van der Waals surface area contributed by atoms with E-state index in [0.717, 1.165) is 23.2 Å². The lowest BCUT2D eigenvalue weighted by Gasteiger charge is -2.26. The van der Waals surface area contributed by atoms with E-state index in [1.807, 2.05) is 54.6 Å². The molecule has 0 aromatic heterocycles. The summed E-state index contributed by atoms with van der Waals surface area (Å²) in [4.78, 5) is 25.2. The first-order valence-electron chi connectivity index (χ1n) is 9.13. The Balaban J connectivity index is 1.70. The first-order valence-corrected chi connectivity index (χ1v) is 9.13. The molecule has 0 radical (unpaired) electrons. The quantitative estimate of drug-likeness (QED) is 0.756. The summed E-state index contributed by atoms with van der Waals surface area (Å²) in [5.41, 5.74) is 1.56. The maximum absolute atomic E-state index is 12.4. The molecule has 1 saturated heterocycles. The maximum atomic E-state index is 12.4. The average molecular weight is 367 g/mol. The molecule has 1 aliphatic rings. The molecule has 0 saturated carbocycles. The number of amides is 1. The van der Waals surface area contributed by atoms with Crippen molar-refractivity contribution in [3.8, 4) is 16.9 Å². The van der Waals surface area contributed by atoms with E-state index in [0.29, 0.717) is 13.0 Å². The summed E-state index contributed by atoms with van der Waals surface area (Å²) in [5.74, 6) is 0.719. The van der Waals surface area contributed by atoms with Crippen LogP contribution in [0.1, 0.15) is 27.2 Å². The van der Waals surface area contributed by atoms with Crippen molar-refractivity contribution in [3.63, 3.8) is 0 Å². The molecule has 0 bridgehead atoms. The van der Waals surface area contributed by atoms with Gasteiger partial charge in [-0.3, -0.25) is 4.90 Å². The first kappa shape index (κ1) is 19.0. The SMILES string of the molecule is CC(C)(C)OC(=O)N1C[C@H](Oc2cccc(-c3ccccc3)c2)C[C@H]1C=O. The number of nitrogens with zero attached hydrogens (tertiary/aromatic N) is 1. The number of benzene rings is 2. The van der Waals surface area contributed by atoms with Crippen molar-refractivity contribution >= 4 is 12.4 Å². The molecule has 1 heterocycles. The van der Waals surface area contributed by atoms with E-state index in [-0.39, 0.29) is 6.10 Å². The largest absolute Gasteiger partial charge is 0.488 e. The van der Waals surface area contributed by atoms with Crippen molar-refractivity contribution in [2.24, 2.45) is 0 Å². The Morgan fingerprint density at radius 3 is 2.44 bits per heavy atom. The van der Waals surface area contributed by atoms with Gasteiger partial charge >= 0.3 is 6.09 Å². The minimum atomic E-state index is -0.604. The normalized spacial score (nSPS) is 19.6. The van der Waals surface area contributed by atoms with Gasteiger partial charge in [-0.1, -0.05) is 42.5 Å². The smallest absolute Gasteiger partial charge is 0.411 e. The topological polar surface area (TPSA) is 55.8 Å². The summed E-state index contributed by atoms with van der Waals surface area (Å²) in [5, 5.41) is 0. The molecule has 1 fully saturated rings. The van der Waals surface area contributed by atoms with Gasteiger partial charge in [0.2, 0.25) is 0 Å². The van der Waals surface area contributed by atoms with Gasteiger partial charge in [-0.25, -0.2) is 4.79 Å². The number of carbonyl (C=O) groups is 2. The third-order valence-electron chi connectivity index (χ3n) is 4.33. The van der Waals surface area contributed by atoms with Gasteiger partial charge in [0.25, 0.3) is 0 Å². The zero-order valence-electron chi connectivity index (χ0n) is 15.9. The van der Waals surface area contributed by atoms with Crippen LogP contribution < -0.4 is 4.74 Å². The molecule has 0 aliphatic carbocycles. The van der Waals surface area contributed by atoms with E-state index in [4.69, 9.17) is 9.47 Å². The van der Waals surface area contributed by atoms with Crippen LogP contribution in [0.4, 0.5) is 4.79 Å². The molecular weight excluding hydrogens is 342 g/mol. The molecule has 142 valence electrons. The fraction of sp³-hybridized carbons (Fsp3) is 0.364. The Hall–Kier alpha value is -2.82. The second-order valence-electron chi connectivity index (χ2n) is 7.71. The van der Waals surface area contributed by atoms with Crippen LogP contribution >= 0.6 is 0 Å². The van der Waals surface area contributed by atoms with Crippen molar-refractivity contribution in [2.75, 3.05) is 6.54 Å². The molecule has 3 rings (SSSR count). The number of aldehydes is 1. The van der Waals surface area contributed by atoms with Crippen molar-refractivity contribution in [1.29, 1.82) is 0 Å². The third-order valence-corrected chi connectivity index (χ3v) is 4.33. The molecule has 2 aromatic rings. The molecule has 2 aromatic carbocycles. The summed E-state index contributed by atoms with van der Waals surface area (Å²) >= 11 is 0. The van der Waals surface area contributed by atoms with E-state index in [1.54, 1.807) is 20.8 Å². The van der Waals surface area contributed by atoms with Crippen molar-refractivity contribution in [1.82, 2.24) is 4.90 Å². The second kappa shape index (κ2) is 7.82. The lowest BCUT2D eigenvalue weighted by atomic mass is 10.1. The number of hydrogen-bond donors (Lipinski definition) is 0. The van der Waals surface area contributed by atoms with Gasteiger partial charge in [0.15, 0.2) is 0 Å². The number of ether oxygens (including phenoxy) is 2. The van der Waals surface area contributed by atoms with Crippen LogP contribution in [0.5, 0.6) is 5.75 Å². The molecule has 0 spiro atoms. The van der Waals surface area contributed by atoms with Gasteiger partial charge in [-0.15, -0.1) is 0 Å². The summed E-state index contributed by atoms with van der Waals surface area (Å²) < 4.78 is 11.5. The summed E-state index contributed by atoms with van der Waals surface area (Å²) in [6.45, 7) is 5.74. The molecule has 27 heavy (non-hydrogen) atoms. The van der Waals surface area contributed by atoms with Crippen molar-refractivity contribution in [3.05, 3.63) is 54.6 Å². The van der Waals surface area contributed by atoms with E-state index in [9.17, 15) is 9.59 Å². The number of hydrogen-bond acceptors (Lipinski definition) is 4. The molecular formula is C22H25NO4. The van der Waals surface area contributed by atoms with Gasteiger partial charge in [0.05, 0.1) is 12.6 Å². The van der Waals surface area contributed by atoms with Crippen LogP contribution in [0, 0.1) is 0 Å². The molecule has 2 atom stereocenters. The number of carbonyl (C=O) groups excluding carboxylic acids is 2. The number of rotatable bonds is 4. The van der Waals surface area contributed by atoms with Gasteiger partial charge in [0.1, 0.15) is 23.7 Å². The fourth-order valence-corrected chi connectivity index (χ4v) is 3.14. The summed E-state index contributed by atoms with van der Waals surface area (Å²) in [6.07, 6.45) is 0.508. The minimum absolute atomic E-state index is 0.251. The van der Waals surface area contributed by atoms with Gasteiger partial charge in [-0.05, 0) is 44.0 Å². The molecule has 1 amide bonds. The van der Waals surface area contributed by atoms with Crippen LogP contribution in [0.2, 0.25) is 0 Å². The van der Waals surface area contributed by atoms with Crippen LogP contribution in [0.3, 0.4) is 0 Å². The zero-order chi connectivity index (χ0) is 19.4. The highest BCUT2D eigenvalue weighted by atomic mass is 16.6. The fourth-order valence-electron chi connectivity index (χ4n) is 3.14. The third kappa shape index (κ3) is 4.88. The Kier molecular flexibility index (Phi) is 5.49. The van der Waals surface area contributed by atoms with Crippen LogP contribution in [0.15, 0.2) is 54.6 Å². The Labute approximate surface area is 159 Å². The van der Waals surface area contributed by atoms with E-state index >= 15 is 0 Å². The van der Waals surface area contributed by atoms with E-state index in [1.165, 1.54) is 4.90 Å². The van der Waals surface area contributed by atoms with Gasteiger partial charge < -0.3 is 14.3 Å². The highest BCUT2D eigenvalue weighted by Crippen LogP contribution is 2.27. The van der Waals surface area contributed by atoms with Crippen LogP contribution in [0.25, 0.3) is 11.1 Å².